The van der Waals surface area contributed by atoms with Gasteiger partial charge >= 0.3 is 6.61 Å². The van der Waals surface area contributed by atoms with Crippen molar-refractivity contribution in [1.29, 1.82) is 0 Å². The van der Waals surface area contributed by atoms with Crippen molar-refractivity contribution < 1.29 is 23.1 Å². The van der Waals surface area contributed by atoms with E-state index in [2.05, 4.69) is 21.6 Å². The Morgan fingerprint density at radius 1 is 1.36 bits per heavy atom. The average Bonchev–Trinajstić information content (AvgIpc) is 2.98. The van der Waals surface area contributed by atoms with Crippen molar-refractivity contribution >= 4 is 11.8 Å². The van der Waals surface area contributed by atoms with Gasteiger partial charge in [-0.15, -0.1) is 0 Å². The molecule has 0 spiro atoms. The Morgan fingerprint density at radius 3 is 2.79 bits per heavy atom. The third-order valence-corrected chi connectivity index (χ3v) is 4.25. The number of hydrogen-bond acceptors (Lipinski definition) is 4. The highest BCUT2D eigenvalue weighted by Crippen LogP contribution is 2.25. The van der Waals surface area contributed by atoms with Crippen LogP contribution >= 0.6 is 0 Å². The zero-order valence-corrected chi connectivity index (χ0v) is 15.0. The molecule has 2 aromatic rings. The Bertz CT molecular complexity index is 982. The molecular formula is C20H17F2N3O3. The molecule has 8 heteroatoms. The molecule has 1 aromatic heterocycles. The van der Waals surface area contributed by atoms with Crippen LogP contribution in [-0.2, 0) is 4.79 Å². The van der Waals surface area contributed by atoms with E-state index in [1.165, 1.54) is 6.07 Å². The van der Waals surface area contributed by atoms with E-state index < -0.39 is 12.5 Å². The lowest BCUT2D eigenvalue weighted by molar-refractivity contribution is -0.128. The minimum Gasteiger partial charge on any atom is -0.435 e. The molecule has 3 rings (SSSR count). The first kappa shape index (κ1) is 19.3. The predicted molar refractivity (Wildman–Crippen MR) is 97.4 cm³/mol. The lowest BCUT2D eigenvalue weighted by Gasteiger charge is -2.09. The highest BCUT2D eigenvalue weighted by atomic mass is 19.3. The van der Waals surface area contributed by atoms with E-state index in [9.17, 15) is 18.4 Å². The average molecular weight is 385 g/mol. The van der Waals surface area contributed by atoms with E-state index in [0.717, 1.165) is 6.07 Å². The second-order valence-corrected chi connectivity index (χ2v) is 6.27. The van der Waals surface area contributed by atoms with Crippen LogP contribution in [0.5, 0.6) is 5.75 Å². The first-order valence-corrected chi connectivity index (χ1v) is 8.47. The van der Waals surface area contributed by atoms with Crippen LogP contribution in [0.3, 0.4) is 0 Å². The number of carbonyl (C=O) groups is 2. The van der Waals surface area contributed by atoms with Crippen LogP contribution in [0.15, 0.2) is 36.4 Å². The number of halogens is 2. The number of likely N-dealkylation sites (tertiary alicyclic amines) is 1. The Hall–Kier alpha value is -3.47. The largest absolute Gasteiger partial charge is 0.435 e. The molecule has 1 fully saturated rings. The second kappa shape index (κ2) is 8.05. The summed E-state index contributed by atoms with van der Waals surface area (Å²) in [5, 5.41) is 0. The lowest BCUT2D eigenvalue weighted by Crippen LogP contribution is -2.21. The van der Waals surface area contributed by atoms with Gasteiger partial charge < -0.3 is 15.4 Å². The smallest absolute Gasteiger partial charge is 0.387 e. The van der Waals surface area contributed by atoms with Crippen LogP contribution < -0.4 is 10.5 Å². The first-order chi connectivity index (χ1) is 13.3. The fourth-order valence-electron chi connectivity index (χ4n) is 2.83. The van der Waals surface area contributed by atoms with E-state index in [1.54, 1.807) is 36.2 Å². The molecule has 1 aliphatic heterocycles. The summed E-state index contributed by atoms with van der Waals surface area (Å²) in [6, 6.07) is 9.21. The minimum absolute atomic E-state index is 0.00623. The van der Waals surface area contributed by atoms with Gasteiger partial charge in [0.25, 0.3) is 5.91 Å². The van der Waals surface area contributed by atoms with Crippen LogP contribution in [0.1, 0.15) is 22.5 Å². The number of benzene rings is 1. The number of carbonyl (C=O) groups excluding carboxylic acids is 2. The van der Waals surface area contributed by atoms with Gasteiger partial charge in [-0.3, -0.25) is 9.59 Å². The number of alkyl halides is 2. The van der Waals surface area contributed by atoms with Gasteiger partial charge in [-0.05, 0) is 18.6 Å². The van der Waals surface area contributed by atoms with Crippen LogP contribution in [0.2, 0.25) is 0 Å². The molecule has 6 nitrogen and oxygen atoms in total. The van der Waals surface area contributed by atoms with E-state index in [-0.39, 0.29) is 29.0 Å². The van der Waals surface area contributed by atoms with Gasteiger partial charge in [-0.2, -0.15) is 8.78 Å². The number of rotatable bonds is 4. The third kappa shape index (κ3) is 4.43. The molecule has 1 aliphatic rings. The molecule has 2 amide bonds. The van der Waals surface area contributed by atoms with Gasteiger partial charge in [0.2, 0.25) is 5.91 Å². The van der Waals surface area contributed by atoms with Crippen LogP contribution in [0.4, 0.5) is 8.78 Å². The summed E-state index contributed by atoms with van der Waals surface area (Å²) < 4.78 is 29.5. The van der Waals surface area contributed by atoms with Crippen LogP contribution in [0, 0.1) is 17.8 Å². The maximum absolute atomic E-state index is 12.6. The molecule has 2 N–H and O–H groups in total. The van der Waals surface area contributed by atoms with Gasteiger partial charge in [-0.25, -0.2) is 4.98 Å². The molecule has 0 radical (unpaired) electrons. The summed E-state index contributed by atoms with van der Waals surface area (Å²) in [7, 11) is 1.74. The summed E-state index contributed by atoms with van der Waals surface area (Å²) in [6.45, 7) is -2.37. The SMILES string of the molecule is CN1CC[C@@H](C#Cc2cccc(-c3cc(OC(F)F)cc(C(N)=O)n3)c2)C1=O. The summed E-state index contributed by atoms with van der Waals surface area (Å²) in [6.07, 6.45) is 0.679. The zero-order chi connectivity index (χ0) is 20.3. The maximum atomic E-state index is 12.6. The fourth-order valence-corrected chi connectivity index (χ4v) is 2.83. The molecule has 0 saturated carbocycles. The Balaban J connectivity index is 1.92. The van der Waals surface area contributed by atoms with Gasteiger partial charge in [-0.1, -0.05) is 24.0 Å². The number of ether oxygens (including phenoxy) is 1. The highest BCUT2D eigenvalue weighted by Gasteiger charge is 2.27. The van der Waals surface area contributed by atoms with E-state index in [4.69, 9.17) is 5.73 Å². The standard InChI is InChI=1S/C20H17F2N3O3/c1-25-8-7-13(19(25)27)6-5-12-3-2-4-14(9-12)16-10-15(28-20(21)22)11-17(24-16)18(23)26/h2-4,9-11,13,20H,7-8H2,1H3,(H2,23,26)/t13-/m1/s1. The van der Waals surface area contributed by atoms with Crippen LogP contribution in [-0.4, -0.2) is 41.9 Å². The molecule has 28 heavy (non-hydrogen) atoms. The fraction of sp³-hybridized carbons (Fsp3) is 0.250. The summed E-state index contributed by atoms with van der Waals surface area (Å²) in [5.74, 6) is 4.51. The van der Waals surface area contributed by atoms with Crippen molar-refractivity contribution in [2.45, 2.75) is 13.0 Å². The van der Waals surface area contributed by atoms with Gasteiger partial charge in [0.1, 0.15) is 17.4 Å². The molecule has 0 bridgehead atoms. The summed E-state index contributed by atoms with van der Waals surface area (Å²) in [4.78, 5) is 29.1. The molecule has 1 atom stereocenters. The lowest BCUT2D eigenvalue weighted by atomic mass is 10.1. The Labute approximate surface area is 160 Å². The number of hydrogen-bond donors (Lipinski definition) is 1. The normalized spacial score (nSPS) is 16.1. The number of pyridine rings is 1. The quantitative estimate of drug-likeness (QED) is 0.819. The Kier molecular flexibility index (Phi) is 5.54. The van der Waals surface area contributed by atoms with Gasteiger partial charge in [0, 0.05) is 36.9 Å². The van der Waals surface area contributed by atoms with E-state index in [1.807, 2.05) is 0 Å². The number of nitrogens with zero attached hydrogens (tertiary/aromatic N) is 2. The number of amides is 2. The zero-order valence-electron chi connectivity index (χ0n) is 15.0. The Morgan fingerprint density at radius 2 is 2.14 bits per heavy atom. The maximum Gasteiger partial charge on any atom is 0.387 e. The highest BCUT2D eigenvalue weighted by molar-refractivity contribution is 5.92. The predicted octanol–water partition coefficient (Wildman–Crippen LogP) is 2.28. The van der Waals surface area contributed by atoms with Crippen molar-refractivity contribution in [2.75, 3.05) is 13.6 Å². The van der Waals surface area contributed by atoms with Gasteiger partial charge in [0.05, 0.1) is 5.69 Å². The first-order valence-electron chi connectivity index (χ1n) is 8.47. The molecule has 0 unspecified atom stereocenters. The van der Waals surface area contributed by atoms with Gasteiger partial charge in [0.15, 0.2) is 0 Å². The van der Waals surface area contributed by atoms with Crippen molar-refractivity contribution in [3.63, 3.8) is 0 Å². The third-order valence-electron chi connectivity index (χ3n) is 4.25. The number of aromatic nitrogens is 1. The second-order valence-electron chi connectivity index (χ2n) is 6.27. The molecule has 2 heterocycles. The molecule has 1 saturated heterocycles. The number of nitrogens with two attached hydrogens (primary N) is 1. The van der Waals surface area contributed by atoms with Crippen LogP contribution in [0.25, 0.3) is 11.3 Å². The van der Waals surface area contributed by atoms with Crippen molar-refractivity contribution in [2.24, 2.45) is 11.7 Å². The van der Waals surface area contributed by atoms with E-state index >= 15 is 0 Å². The monoisotopic (exact) mass is 385 g/mol. The topological polar surface area (TPSA) is 85.5 Å². The summed E-state index contributed by atoms with van der Waals surface area (Å²) >= 11 is 0. The number of primary amides is 1. The molecule has 1 aromatic carbocycles. The molecule has 144 valence electrons. The molecular weight excluding hydrogens is 368 g/mol. The minimum atomic E-state index is -3.05. The summed E-state index contributed by atoms with van der Waals surface area (Å²) in [5.41, 5.74) is 6.45. The van der Waals surface area contributed by atoms with Crippen molar-refractivity contribution in [1.82, 2.24) is 9.88 Å². The van der Waals surface area contributed by atoms with E-state index in [0.29, 0.717) is 24.1 Å². The van der Waals surface area contributed by atoms with Crippen molar-refractivity contribution in [3.8, 4) is 28.8 Å². The van der Waals surface area contributed by atoms with Crippen molar-refractivity contribution in [3.05, 3.63) is 47.7 Å². The molecule has 0 aliphatic carbocycles.